The van der Waals surface area contributed by atoms with Gasteiger partial charge in [0.15, 0.2) is 5.78 Å². The van der Waals surface area contributed by atoms with E-state index in [1.807, 2.05) is 78.9 Å². The third-order valence-corrected chi connectivity index (χ3v) is 4.59. The first-order valence-electron chi connectivity index (χ1n) is 7.93. The van der Waals surface area contributed by atoms with E-state index in [4.69, 9.17) is 4.74 Å². The molecule has 1 N–H and O–H groups in total. The lowest BCUT2D eigenvalue weighted by Crippen LogP contribution is -2.21. The normalized spacial score (nSPS) is 11.6. The van der Waals surface area contributed by atoms with Crippen molar-refractivity contribution in [3.8, 4) is 5.75 Å². The molecule has 0 saturated carbocycles. The molecular weight excluding hydrogens is 378 g/mol. The molecule has 0 saturated heterocycles. The predicted octanol–water partition coefficient (Wildman–Crippen LogP) is 5.49. The van der Waals surface area contributed by atoms with Crippen molar-refractivity contribution in [2.75, 3.05) is 12.4 Å². The van der Waals surface area contributed by atoms with Gasteiger partial charge in [0, 0.05) is 15.7 Å². The van der Waals surface area contributed by atoms with Crippen LogP contribution in [0.5, 0.6) is 5.75 Å². The zero-order valence-electron chi connectivity index (χ0n) is 13.8. The average molecular weight is 396 g/mol. The minimum Gasteiger partial charge on any atom is -0.497 e. The molecule has 0 fully saturated rings. The molecule has 25 heavy (non-hydrogen) atoms. The molecule has 0 aliphatic heterocycles. The van der Waals surface area contributed by atoms with Gasteiger partial charge in [0.2, 0.25) is 0 Å². The molecule has 0 radical (unpaired) electrons. The first-order valence-corrected chi connectivity index (χ1v) is 8.72. The summed E-state index contributed by atoms with van der Waals surface area (Å²) in [7, 11) is 1.63. The van der Waals surface area contributed by atoms with Crippen LogP contribution in [0.15, 0.2) is 83.3 Å². The number of carbonyl (C=O) groups excluding carboxylic acids is 1. The van der Waals surface area contributed by atoms with Gasteiger partial charge in [0.1, 0.15) is 11.8 Å². The van der Waals surface area contributed by atoms with Gasteiger partial charge in [-0.05, 0) is 39.7 Å². The number of Topliss-reactive ketones (excluding diaryl/α,β-unsaturated/α-hetero) is 1. The molecule has 0 aliphatic rings. The quantitative estimate of drug-likeness (QED) is 0.560. The van der Waals surface area contributed by atoms with Crippen LogP contribution in [-0.2, 0) is 0 Å². The molecule has 126 valence electrons. The number of halogens is 1. The number of methoxy groups -OCH3 is 1. The topological polar surface area (TPSA) is 38.3 Å². The van der Waals surface area contributed by atoms with Crippen molar-refractivity contribution in [2.24, 2.45) is 0 Å². The number of benzene rings is 3. The van der Waals surface area contributed by atoms with E-state index in [0.29, 0.717) is 5.56 Å². The Morgan fingerprint density at radius 1 is 0.960 bits per heavy atom. The molecule has 4 heteroatoms. The number of ether oxygens (including phenoxy) is 1. The van der Waals surface area contributed by atoms with E-state index in [1.165, 1.54) is 0 Å². The monoisotopic (exact) mass is 395 g/mol. The molecular formula is C21H18BrNO2. The van der Waals surface area contributed by atoms with Gasteiger partial charge in [-0.15, -0.1) is 0 Å². The van der Waals surface area contributed by atoms with Crippen LogP contribution in [-0.4, -0.2) is 12.9 Å². The molecule has 0 spiro atoms. The van der Waals surface area contributed by atoms with Crippen LogP contribution in [0.1, 0.15) is 22.0 Å². The SMILES string of the molecule is COc1ccc(N[C@@H](C(=O)c2ccccc2)c2ccccc2)c(Br)c1. The Bertz CT molecular complexity index is 850. The number of anilines is 1. The fraction of sp³-hybridized carbons (Fsp3) is 0.0952. The van der Waals surface area contributed by atoms with Gasteiger partial charge in [-0.2, -0.15) is 0 Å². The molecule has 0 unspecified atom stereocenters. The molecule has 0 bridgehead atoms. The number of hydrogen-bond acceptors (Lipinski definition) is 3. The summed E-state index contributed by atoms with van der Waals surface area (Å²) < 4.78 is 6.07. The smallest absolute Gasteiger partial charge is 0.189 e. The van der Waals surface area contributed by atoms with E-state index in [1.54, 1.807) is 7.11 Å². The molecule has 3 aromatic carbocycles. The lowest BCUT2D eigenvalue weighted by Gasteiger charge is -2.20. The Morgan fingerprint density at radius 2 is 1.60 bits per heavy atom. The molecule has 0 aliphatic carbocycles. The number of nitrogens with one attached hydrogen (secondary N) is 1. The second-order valence-corrected chi connectivity index (χ2v) is 6.42. The van der Waals surface area contributed by atoms with Crippen molar-refractivity contribution < 1.29 is 9.53 Å². The minimum absolute atomic E-state index is 0.0227. The van der Waals surface area contributed by atoms with Crippen molar-refractivity contribution in [1.29, 1.82) is 0 Å². The molecule has 3 aromatic rings. The Kier molecular flexibility index (Phi) is 5.51. The van der Waals surface area contributed by atoms with Crippen LogP contribution >= 0.6 is 15.9 Å². The van der Waals surface area contributed by atoms with E-state index in [0.717, 1.165) is 21.5 Å². The van der Waals surface area contributed by atoms with E-state index < -0.39 is 6.04 Å². The summed E-state index contributed by atoms with van der Waals surface area (Å²) in [6.07, 6.45) is 0. The summed E-state index contributed by atoms with van der Waals surface area (Å²) in [5.41, 5.74) is 2.42. The summed E-state index contributed by atoms with van der Waals surface area (Å²) in [5, 5.41) is 3.36. The maximum atomic E-state index is 13.1. The largest absolute Gasteiger partial charge is 0.497 e. The van der Waals surface area contributed by atoms with Crippen molar-refractivity contribution in [2.45, 2.75) is 6.04 Å². The third-order valence-electron chi connectivity index (χ3n) is 3.93. The van der Waals surface area contributed by atoms with Gasteiger partial charge in [-0.3, -0.25) is 4.79 Å². The number of hydrogen-bond donors (Lipinski definition) is 1. The maximum absolute atomic E-state index is 13.1. The van der Waals surface area contributed by atoms with Gasteiger partial charge >= 0.3 is 0 Å². The number of ketones is 1. The maximum Gasteiger partial charge on any atom is 0.189 e. The van der Waals surface area contributed by atoms with E-state index in [9.17, 15) is 4.79 Å². The standard InChI is InChI=1S/C21H18BrNO2/c1-25-17-12-13-19(18(22)14-17)23-20(15-8-4-2-5-9-15)21(24)16-10-6-3-7-11-16/h2-14,20,23H,1H3/t20-/m1/s1. The first-order chi connectivity index (χ1) is 12.2. The van der Waals surface area contributed by atoms with Gasteiger partial charge < -0.3 is 10.1 Å². The summed E-state index contributed by atoms with van der Waals surface area (Å²) in [6.45, 7) is 0. The number of rotatable bonds is 6. The summed E-state index contributed by atoms with van der Waals surface area (Å²) in [6, 6.07) is 24.2. The van der Waals surface area contributed by atoms with E-state index in [2.05, 4.69) is 21.2 Å². The van der Waals surface area contributed by atoms with Gasteiger partial charge in [-0.1, -0.05) is 60.7 Å². The lowest BCUT2D eigenvalue weighted by molar-refractivity contribution is 0.0969. The average Bonchev–Trinajstić information content (AvgIpc) is 2.68. The lowest BCUT2D eigenvalue weighted by atomic mass is 9.97. The molecule has 3 rings (SSSR count). The highest BCUT2D eigenvalue weighted by Crippen LogP contribution is 2.31. The Labute approximate surface area is 155 Å². The highest BCUT2D eigenvalue weighted by atomic mass is 79.9. The second kappa shape index (κ2) is 7.99. The fourth-order valence-electron chi connectivity index (χ4n) is 2.61. The van der Waals surface area contributed by atoms with Gasteiger partial charge in [-0.25, -0.2) is 0 Å². The summed E-state index contributed by atoms with van der Waals surface area (Å²) in [4.78, 5) is 13.1. The van der Waals surface area contributed by atoms with Crippen LogP contribution in [0.4, 0.5) is 5.69 Å². The zero-order chi connectivity index (χ0) is 17.6. The molecule has 1 atom stereocenters. The van der Waals surface area contributed by atoms with Crippen LogP contribution in [0.25, 0.3) is 0 Å². The van der Waals surface area contributed by atoms with Crippen LogP contribution < -0.4 is 10.1 Å². The Morgan fingerprint density at radius 3 is 2.20 bits per heavy atom. The van der Waals surface area contributed by atoms with Crippen LogP contribution in [0.3, 0.4) is 0 Å². The van der Waals surface area contributed by atoms with E-state index >= 15 is 0 Å². The molecule has 0 amide bonds. The Hall–Kier alpha value is -2.59. The first kappa shape index (κ1) is 17.2. The predicted molar refractivity (Wildman–Crippen MR) is 104 cm³/mol. The fourth-order valence-corrected chi connectivity index (χ4v) is 3.08. The van der Waals surface area contributed by atoms with Crippen molar-refractivity contribution in [3.63, 3.8) is 0 Å². The van der Waals surface area contributed by atoms with Crippen LogP contribution in [0.2, 0.25) is 0 Å². The number of carbonyl (C=O) groups is 1. The molecule has 0 heterocycles. The third kappa shape index (κ3) is 4.09. The molecule has 3 nitrogen and oxygen atoms in total. The molecule has 0 aromatic heterocycles. The minimum atomic E-state index is -0.478. The van der Waals surface area contributed by atoms with Crippen molar-refractivity contribution in [1.82, 2.24) is 0 Å². The van der Waals surface area contributed by atoms with Crippen molar-refractivity contribution in [3.05, 3.63) is 94.5 Å². The Balaban J connectivity index is 1.96. The van der Waals surface area contributed by atoms with E-state index in [-0.39, 0.29) is 5.78 Å². The zero-order valence-corrected chi connectivity index (χ0v) is 15.4. The second-order valence-electron chi connectivity index (χ2n) is 5.56. The summed E-state index contributed by atoms with van der Waals surface area (Å²) in [5.74, 6) is 0.776. The van der Waals surface area contributed by atoms with Crippen LogP contribution in [0, 0.1) is 0 Å². The highest BCUT2D eigenvalue weighted by molar-refractivity contribution is 9.10. The van der Waals surface area contributed by atoms with Crippen molar-refractivity contribution >= 4 is 27.4 Å². The highest BCUT2D eigenvalue weighted by Gasteiger charge is 2.22. The van der Waals surface area contributed by atoms with Gasteiger partial charge in [0.05, 0.1) is 7.11 Å². The summed E-state index contributed by atoms with van der Waals surface area (Å²) >= 11 is 3.54. The van der Waals surface area contributed by atoms with Gasteiger partial charge in [0.25, 0.3) is 0 Å².